The van der Waals surface area contributed by atoms with Gasteiger partial charge in [-0.25, -0.2) is 4.98 Å². The summed E-state index contributed by atoms with van der Waals surface area (Å²) in [5.41, 5.74) is 0.750. The van der Waals surface area contributed by atoms with Gasteiger partial charge in [0.15, 0.2) is 0 Å². The fourth-order valence-corrected chi connectivity index (χ4v) is 3.89. The molecule has 5 nitrogen and oxygen atoms in total. The molecule has 0 saturated carbocycles. The Morgan fingerprint density at radius 2 is 1.64 bits per heavy atom. The molecule has 1 aliphatic rings. The molecule has 1 aliphatic heterocycles. The minimum atomic E-state index is -0.765. The highest BCUT2D eigenvalue weighted by atomic mass is 35.5. The lowest BCUT2D eigenvalue weighted by Gasteiger charge is -2.24. The Kier molecular flexibility index (Phi) is 7.05. The van der Waals surface area contributed by atoms with E-state index in [-0.39, 0.29) is 31.8 Å². The van der Waals surface area contributed by atoms with Crippen LogP contribution >= 0.6 is 46.4 Å². The van der Waals surface area contributed by atoms with Crippen molar-refractivity contribution in [3.05, 3.63) is 61.8 Å². The Morgan fingerprint density at radius 1 is 1.00 bits per heavy atom. The smallest absolute Gasteiger partial charge is 0.272 e. The summed E-state index contributed by atoms with van der Waals surface area (Å²) < 4.78 is 0. The molecule has 1 unspecified atom stereocenters. The molecule has 1 atom stereocenters. The van der Waals surface area contributed by atoms with E-state index in [0.717, 1.165) is 18.4 Å². The Morgan fingerprint density at radius 3 is 2.29 bits per heavy atom. The van der Waals surface area contributed by atoms with E-state index in [9.17, 15) is 9.59 Å². The first-order valence-electron chi connectivity index (χ1n) is 8.72. The first kappa shape index (κ1) is 21.2. The van der Waals surface area contributed by atoms with Crippen molar-refractivity contribution in [1.82, 2.24) is 15.2 Å². The van der Waals surface area contributed by atoms with Gasteiger partial charge in [-0.15, -0.1) is 0 Å². The van der Waals surface area contributed by atoms with Crippen molar-refractivity contribution in [2.24, 2.45) is 0 Å². The largest absolute Gasteiger partial charge is 0.341 e. The van der Waals surface area contributed by atoms with E-state index in [2.05, 4.69) is 10.3 Å². The van der Waals surface area contributed by atoms with E-state index < -0.39 is 11.9 Å². The van der Waals surface area contributed by atoms with E-state index >= 15 is 0 Å². The van der Waals surface area contributed by atoms with Gasteiger partial charge in [0.1, 0.15) is 16.9 Å². The molecule has 0 spiro atoms. The fourth-order valence-electron chi connectivity index (χ4n) is 3.07. The van der Waals surface area contributed by atoms with Gasteiger partial charge >= 0.3 is 0 Å². The maximum absolute atomic E-state index is 13.0. The van der Waals surface area contributed by atoms with Gasteiger partial charge in [-0.1, -0.05) is 76.7 Å². The molecule has 1 N–H and O–H groups in total. The number of pyridine rings is 1. The molecule has 1 aromatic heterocycles. The first-order valence-corrected chi connectivity index (χ1v) is 10.2. The highest BCUT2D eigenvalue weighted by Gasteiger charge is 2.30. The number of hydrogen-bond acceptors (Lipinski definition) is 3. The summed E-state index contributed by atoms with van der Waals surface area (Å²) in [6, 6.07) is 8.69. The number of carbonyl (C=O) groups excluding carboxylic acids is 2. The van der Waals surface area contributed by atoms with Gasteiger partial charge in [0.05, 0.1) is 15.1 Å². The topological polar surface area (TPSA) is 62.3 Å². The van der Waals surface area contributed by atoms with Crippen LogP contribution in [0.25, 0.3) is 0 Å². The summed E-state index contributed by atoms with van der Waals surface area (Å²) in [5.74, 6) is -0.782. The third kappa shape index (κ3) is 4.71. The van der Waals surface area contributed by atoms with Crippen molar-refractivity contribution >= 4 is 58.2 Å². The van der Waals surface area contributed by atoms with Crippen LogP contribution in [0.5, 0.6) is 0 Å². The van der Waals surface area contributed by atoms with Crippen LogP contribution in [0, 0.1) is 0 Å². The summed E-state index contributed by atoms with van der Waals surface area (Å²) in [4.78, 5) is 31.5. The summed E-state index contributed by atoms with van der Waals surface area (Å²) >= 11 is 24.0. The predicted octanol–water partition coefficient (Wildman–Crippen LogP) is 4.66. The average molecular weight is 461 g/mol. The van der Waals surface area contributed by atoms with Crippen LogP contribution in [-0.4, -0.2) is 40.8 Å². The van der Waals surface area contributed by atoms with Gasteiger partial charge in [-0.05, 0) is 18.4 Å². The van der Waals surface area contributed by atoms with Gasteiger partial charge in [-0.3, -0.25) is 9.59 Å². The fraction of sp³-hybridized carbons (Fsp3) is 0.316. The number of aromatic nitrogens is 1. The monoisotopic (exact) mass is 459 g/mol. The van der Waals surface area contributed by atoms with Crippen LogP contribution in [0.4, 0.5) is 0 Å². The Labute approximate surface area is 182 Å². The maximum Gasteiger partial charge on any atom is 0.272 e. The molecular formula is C19H17Cl4N3O2. The van der Waals surface area contributed by atoms with Gasteiger partial charge < -0.3 is 10.2 Å². The van der Waals surface area contributed by atoms with Gasteiger partial charge in [-0.2, -0.15) is 0 Å². The number of carbonyl (C=O) groups is 2. The van der Waals surface area contributed by atoms with Gasteiger partial charge in [0.25, 0.3) is 5.91 Å². The number of hydrogen-bond donors (Lipinski definition) is 1. The number of likely N-dealkylation sites (tertiary alicyclic amines) is 1. The molecule has 2 amide bonds. The zero-order valence-electron chi connectivity index (χ0n) is 14.7. The molecule has 9 heteroatoms. The number of nitrogens with one attached hydrogen (secondary N) is 1. The minimum absolute atomic E-state index is 0.0288. The maximum atomic E-state index is 13.0. The predicted molar refractivity (Wildman–Crippen MR) is 111 cm³/mol. The first-order chi connectivity index (χ1) is 13.4. The normalized spacial score (nSPS) is 14.8. The molecule has 1 aromatic carbocycles. The Bertz CT molecular complexity index is 886. The molecule has 2 heterocycles. The van der Waals surface area contributed by atoms with Crippen molar-refractivity contribution in [1.29, 1.82) is 0 Å². The highest BCUT2D eigenvalue weighted by Crippen LogP contribution is 2.36. The molecule has 1 fully saturated rings. The van der Waals surface area contributed by atoms with Crippen LogP contribution < -0.4 is 5.32 Å². The minimum Gasteiger partial charge on any atom is -0.341 e. The van der Waals surface area contributed by atoms with Crippen LogP contribution in [-0.2, 0) is 11.2 Å². The molecular weight excluding hydrogens is 444 g/mol. The van der Waals surface area contributed by atoms with E-state index in [0.29, 0.717) is 19.5 Å². The van der Waals surface area contributed by atoms with Gasteiger partial charge in [0.2, 0.25) is 5.91 Å². The lowest BCUT2D eigenvalue weighted by atomic mass is 10.0. The molecule has 0 aliphatic carbocycles. The second kappa shape index (κ2) is 9.31. The third-order valence-corrected chi connectivity index (χ3v) is 6.18. The van der Waals surface area contributed by atoms with Crippen LogP contribution in [0.1, 0.15) is 28.9 Å². The zero-order valence-corrected chi connectivity index (χ0v) is 17.7. The molecule has 0 radical (unpaired) electrons. The summed E-state index contributed by atoms with van der Waals surface area (Å²) in [5, 5.41) is 2.41. The van der Waals surface area contributed by atoms with Crippen LogP contribution in [0.2, 0.25) is 20.2 Å². The number of amides is 2. The molecule has 28 heavy (non-hydrogen) atoms. The molecule has 148 valence electrons. The number of halogens is 4. The summed E-state index contributed by atoms with van der Waals surface area (Å²) in [6.07, 6.45) is 2.25. The average Bonchev–Trinajstić information content (AvgIpc) is 3.23. The van der Waals surface area contributed by atoms with Crippen LogP contribution in [0.15, 0.2) is 30.3 Å². The van der Waals surface area contributed by atoms with Crippen molar-refractivity contribution in [3.8, 4) is 0 Å². The SMILES string of the molecule is O=C(NC(Cc1ccccc1)C(=O)N1CCCC1)c1nc(Cl)c(Cl)c(Cl)c1Cl. The number of rotatable bonds is 5. The molecule has 1 saturated heterocycles. The standard InChI is InChI=1S/C19H17Cl4N3O2/c20-13-14(21)16(25-17(23)15(13)22)18(27)24-12(10-11-6-2-1-3-7-11)19(28)26-8-4-5-9-26/h1-3,6-7,12H,4-5,8-10H2,(H,24,27). The van der Waals surface area contributed by atoms with Crippen molar-refractivity contribution in [3.63, 3.8) is 0 Å². The van der Waals surface area contributed by atoms with E-state index in [4.69, 9.17) is 46.4 Å². The van der Waals surface area contributed by atoms with Crippen molar-refractivity contribution in [2.45, 2.75) is 25.3 Å². The van der Waals surface area contributed by atoms with E-state index in [1.165, 1.54) is 0 Å². The number of nitrogens with zero attached hydrogens (tertiary/aromatic N) is 2. The van der Waals surface area contributed by atoms with Crippen LogP contribution in [0.3, 0.4) is 0 Å². The quantitative estimate of drug-likeness (QED) is 0.660. The summed E-state index contributed by atoms with van der Waals surface area (Å²) in [6.45, 7) is 1.36. The third-order valence-electron chi connectivity index (χ3n) is 4.50. The molecule has 2 aromatic rings. The Hall–Kier alpha value is -1.53. The lowest BCUT2D eigenvalue weighted by Crippen LogP contribution is -2.49. The van der Waals surface area contributed by atoms with Crippen molar-refractivity contribution in [2.75, 3.05) is 13.1 Å². The lowest BCUT2D eigenvalue weighted by molar-refractivity contribution is -0.132. The number of benzene rings is 1. The van der Waals surface area contributed by atoms with E-state index in [1.54, 1.807) is 4.90 Å². The second-order valence-electron chi connectivity index (χ2n) is 6.44. The highest BCUT2D eigenvalue weighted by molar-refractivity contribution is 6.52. The summed E-state index contributed by atoms with van der Waals surface area (Å²) in [7, 11) is 0. The van der Waals surface area contributed by atoms with Gasteiger partial charge in [0, 0.05) is 19.5 Å². The zero-order chi connectivity index (χ0) is 20.3. The molecule has 3 rings (SSSR count). The van der Waals surface area contributed by atoms with Crippen molar-refractivity contribution < 1.29 is 9.59 Å². The van der Waals surface area contributed by atoms with E-state index in [1.807, 2.05) is 30.3 Å². The second-order valence-corrected chi connectivity index (χ2v) is 7.93. The molecule has 0 bridgehead atoms. The Balaban J connectivity index is 1.86.